The molecule has 0 aliphatic rings. The fourth-order valence-electron chi connectivity index (χ4n) is 3.09. The average molecular weight is 418 g/mol. The van der Waals surface area contributed by atoms with Gasteiger partial charge < -0.3 is 14.6 Å². The van der Waals surface area contributed by atoms with Crippen molar-refractivity contribution in [3.8, 4) is 17.4 Å². The van der Waals surface area contributed by atoms with Gasteiger partial charge in [-0.25, -0.2) is 15.0 Å². The molecule has 3 aromatic heterocycles. The molecule has 0 spiro atoms. The molecule has 0 radical (unpaired) electrons. The molecule has 4 aromatic rings. The molecule has 0 fully saturated rings. The van der Waals surface area contributed by atoms with Crippen LogP contribution in [0.4, 0.5) is 5.69 Å². The van der Waals surface area contributed by atoms with Crippen molar-refractivity contribution in [3.05, 3.63) is 71.4 Å². The predicted octanol–water partition coefficient (Wildman–Crippen LogP) is 3.86. The number of carbonyl (C=O) groups is 1. The van der Waals surface area contributed by atoms with Crippen molar-refractivity contribution in [1.29, 1.82) is 0 Å². The van der Waals surface area contributed by atoms with E-state index in [-0.39, 0.29) is 12.3 Å². The zero-order valence-electron chi connectivity index (χ0n) is 17.7. The Balaban J connectivity index is 1.41. The fourth-order valence-corrected chi connectivity index (χ4v) is 3.09. The van der Waals surface area contributed by atoms with E-state index in [2.05, 4.69) is 25.4 Å². The van der Waals surface area contributed by atoms with Gasteiger partial charge in [0.1, 0.15) is 30.0 Å². The molecular formula is C22H22N6O3. The molecule has 0 unspecified atom stereocenters. The summed E-state index contributed by atoms with van der Waals surface area (Å²) in [7, 11) is 0. The molecule has 9 heteroatoms. The molecule has 31 heavy (non-hydrogen) atoms. The van der Waals surface area contributed by atoms with Gasteiger partial charge in [-0.2, -0.15) is 0 Å². The quantitative estimate of drug-likeness (QED) is 0.506. The summed E-state index contributed by atoms with van der Waals surface area (Å²) < 4.78 is 12.8. The van der Waals surface area contributed by atoms with Crippen LogP contribution >= 0.6 is 0 Å². The van der Waals surface area contributed by atoms with Gasteiger partial charge in [-0.05, 0) is 52.0 Å². The lowest BCUT2D eigenvalue weighted by molar-refractivity contribution is -0.115. The SMILES string of the molecule is Cc1noc(C)c1CC(=O)Nc1ccc(Oc2cc(-n3cnc(C)c3C)ncn2)cc1. The van der Waals surface area contributed by atoms with E-state index in [9.17, 15) is 4.79 Å². The highest BCUT2D eigenvalue weighted by molar-refractivity contribution is 5.92. The van der Waals surface area contributed by atoms with Gasteiger partial charge in [0.2, 0.25) is 11.8 Å². The number of benzene rings is 1. The Hall–Kier alpha value is -4.01. The molecule has 0 saturated heterocycles. The number of nitrogens with one attached hydrogen (secondary N) is 1. The highest BCUT2D eigenvalue weighted by Crippen LogP contribution is 2.23. The first-order valence-electron chi connectivity index (χ1n) is 9.73. The maximum Gasteiger partial charge on any atom is 0.228 e. The molecule has 4 rings (SSSR count). The first-order chi connectivity index (χ1) is 14.9. The summed E-state index contributed by atoms with van der Waals surface area (Å²) in [6.45, 7) is 7.53. The summed E-state index contributed by atoms with van der Waals surface area (Å²) in [5, 5.41) is 6.74. The van der Waals surface area contributed by atoms with Crippen molar-refractivity contribution in [2.45, 2.75) is 34.1 Å². The summed E-state index contributed by atoms with van der Waals surface area (Å²) >= 11 is 0. The number of amides is 1. The van der Waals surface area contributed by atoms with Crippen molar-refractivity contribution in [2.75, 3.05) is 5.32 Å². The largest absolute Gasteiger partial charge is 0.439 e. The van der Waals surface area contributed by atoms with Crippen molar-refractivity contribution in [3.63, 3.8) is 0 Å². The lowest BCUT2D eigenvalue weighted by Crippen LogP contribution is -2.15. The van der Waals surface area contributed by atoms with Gasteiger partial charge in [0.15, 0.2) is 0 Å². The van der Waals surface area contributed by atoms with E-state index < -0.39 is 0 Å². The van der Waals surface area contributed by atoms with Crippen LogP contribution < -0.4 is 10.1 Å². The number of ether oxygens (including phenoxy) is 1. The Labute approximate surface area is 179 Å². The van der Waals surface area contributed by atoms with E-state index in [0.717, 1.165) is 22.6 Å². The second-order valence-corrected chi connectivity index (χ2v) is 7.15. The predicted molar refractivity (Wildman–Crippen MR) is 113 cm³/mol. The van der Waals surface area contributed by atoms with Crippen LogP contribution in [0.3, 0.4) is 0 Å². The summed E-state index contributed by atoms with van der Waals surface area (Å²) in [5.74, 6) is 2.18. The van der Waals surface area contributed by atoms with Crippen LogP contribution in [-0.4, -0.2) is 30.6 Å². The third-order valence-electron chi connectivity index (χ3n) is 5.01. The van der Waals surface area contributed by atoms with Gasteiger partial charge in [0.05, 0.1) is 17.8 Å². The Morgan fingerprint density at radius 1 is 1.06 bits per heavy atom. The lowest BCUT2D eigenvalue weighted by atomic mass is 10.1. The van der Waals surface area contributed by atoms with Crippen molar-refractivity contribution in [2.24, 2.45) is 0 Å². The van der Waals surface area contributed by atoms with Crippen molar-refractivity contribution < 1.29 is 14.1 Å². The zero-order chi connectivity index (χ0) is 22.0. The summed E-state index contributed by atoms with van der Waals surface area (Å²) in [5.41, 5.74) is 4.13. The number of anilines is 1. The molecule has 0 bridgehead atoms. The van der Waals surface area contributed by atoms with Crippen LogP contribution in [0, 0.1) is 27.7 Å². The van der Waals surface area contributed by atoms with Gasteiger partial charge in [-0.15, -0.1) is 0 Å². The summed E-state index contributed by atoms with van der Waals surface area (Å²) in [6, 6.07) is 8.81. The van der Waals surface area contributed by atoms with E-state index in [0.29, 0.717) is 28.9 Å². The number of aromatic nitrogens is 5. The molecule has 1 N–H and O–H groups in total. The minimum atomic E-state index is -0.144. The van der Waals surface area contributed by atoms with Gasteiger partial charge in [-0.3, -0.25) is 9.36 Å². The smallest absolute Gasteiger partial charge is 0.228 e. The van der Waals surface area contributed by atoms with E-state index in [1.165, 1.54) is 6.33 Å². The number of carbonyl (C=O) groups excluding carboxylic acids is 1. The number of imidazole rings is 1. The number of rotatable bonds is 6. The Morgan fingerprint density at radius 3 is 2.48 bits per heavy atom. The highest BCUT2D eigenvalue weighted by atomic mass is 16.5. The van der Waals surface area contributed by atoms with Crippen LogP contribution in [0.25, 0.3) is 5.82 Å². The first-order valence-corrected chi connectivity index (χ1v) is 9.73. The van der Waals surface area contributed by atoms with E-state index >= 15 is 0 Å². The van der Waals surface area contributed by atoms with Gasteiger partial charge >= 0.3 is 0 Å². The minimum Gasteiger partial charge on any atom is -0.439 e. The standard InChI is InChI=1S/C22H22N6O3/c1-13-15(3)28(12-25-13)20-10-22(24-11-23-20)30-18-7-5-17(6-8-18)26-21(29)9-19-14(2)27-31-16(19)4/h5-8,10-12H,9H2,1-4H3,(H,26,29). The van der Waals surface area contributed by atoms with Crippen LogP contribution in [0.5, 0.6) is 11.6 Å². The molecule has 3 heterocycles. The maximum absolute atomic E-state index is 12.3. The van der Waals surface area contributed by atoms with Gasteiger partial charge in [0.25, 0.3) is 0 Å². The monoisotopic (exact) mass is 418 g/mol. The Kier molecular flexibility index (Phi) is 5.48. The highest BCUT2D eigenvalue weighted by Gasteiger charge is 2.14. The molecule has 0 atom stereocenters. The summed E-state index contributed by atoms with van der Waals surface area (Å²) in [6.07, 6.45) is 3.37. The molecule has 1 aromatic carbocycles. The molecule has 9 nitrogen and oxygen atoms in total. The third-order valence-corrected chi connectivity index (χ3v) is 5.01. The molecule has 0 aliphatic heterocycles. The zero-order valence-corrected chi connectivity index (χ0v) is 17.7. The maximum atomic E-state index is 12.3. The van der Waals surface area contributed by atoms with Gasteiger partial charge in [-0.1, -0.05) is 5.16 Å². The van der Waals surface area contributed by atoms with Crippen molar-refractivity contribution >= 4 is 11.6 Å². The van der Waals surface area contributed by atoms with Crippen LogP contribution in [0.15, 0.2) is 47.5 Å². The molecule has 0 saturated carbocycles. The molecule has 1 amide bonds. The van der Waals surface area contributed by atoms with Crippen LogP contribution in [0.2, 0.25) is 0 Å². The number of aryl methyl sites for hydroxylation is 3. The second-order valence-electron chi connectivity index (χ2n) is 7.15. The second kappa shape index (κ2) is 8.39. The number of nitrogens with zero attached hydrogens (tertiary/aromatic N) is 5. The van der Waals surface area contributed by atoms with E-state index in [1.807, 2.05) is 25.3 Å². The topological polar surface area (TPSA) is 108 Å². The van der Waals surface area contributed by atoms with Crippen LogP contribution in [-0.2, 0) is 11.2 Å². The van der Waals surface area contributed by atoms with E-state index in [1.54, 1.807) is 43.6 Å². The van der Waals surface area contributed by atoms with Gasteiger partial charge in [0, 0.05) is 23.0 Å². The third kappa shape index (κ3) is 4.45. The molecular weight excluding hydrogens is 396 g/mol. The molecule has 0 aliphatic carbocycles. The first kappa shape index (κ1) is 20.3. The van der Waals surface area contributed by atoms with Crippen molar-refractivity contribution in [1.82, 2.24) is 24.7 Å². The average Bonchev–Trinajstić information content (AvgIpc) is 3.25. The van der Waals surface area contributed by atoms with Crippen LogP contribution in [0.1, 0.15) is 28.4 Å². The summed E-state index contributed by atoms with van der Waals surface area (Å²) in [4.78, 5) is 25.1. The number of hydrogen-bond acceptors (Lipinski definition) is 7. The lowest BCUT2D eigenvalue weighted by Gasteiger charge is -2.09. The van der Waals surface area contributed by atoms with E-state index in [4.69, 9.17) is 9.26 Å². The normalized spacial score (nSPS) is 10.8. The Bertz CT molecular complexity index is 1210. The Morgan fingerprint density at radius 2 is 1.84 bits per heavy atom. The molecule has 158 valence electrons. The fraction of sp³-hybridized carbons (Fsp3) is 0.227. The number of hydrogen-bond donors (Lipinski definition) is 1. The minimum absolute atomic E-state index is 0.144.